The molecule has 0 bridgehead atoms. The molecule has 154 valence electrons. The molecule has 5 aromatic rings. The van der Waals surface area contributed by atoms with Crippen LogP contribution >= 0.6 is 0 Å². The van der Waals surface area contributed by atoms with E-state index in [1.165, 1.54) is 0 Å². The zero-order valence-electron chi connectivity index (χ0n) is 17.8. The van der Waals surface area contributed by atoms with Gasteiger partial charge in [-0.15, -0.1) is 0 Å². The summed E-state index contributed by atoms with van der Waals surface area (Å²) in [6.07, 6.45) is 7.77. The van der Waals surface area contributed by atoms with Crippen molar-refractivity contribution in [1.29, 1.82) is 0 Å². The average molecular weight is 409 g/mol. The van der Waals surface area contributed by atoms with Crippen molar-refractivity contribution in [2.75, 3.05) is 0 Å². The van der Waals surface area contributed by atoms with Crippen LogP contribution in [0.1, 0.15) is 17.1 Å². The molecule has 31 heavy (non-hydrogen) atoms. The van der Waals surface area contributed by atoms with Gasteiger partial charge >= 0.3 is 0 Å². The summed E-state index contributed by atoms with van der Waals surface area (Å²) in [5.41, 5.74) is 8.31. The Balaban J connectivity index is 1.37. The number of aromatic nitrogens is 5. The molecular formula is C25H23N5O. The summed E-state index contributed by atoms with van der Waals surface area (Å²) in [5, 5.41) is 4.59. The van der Waals surface area contributed by atoms with Crippen molar-refractivity contribution in [2.24, 2.45) is 7.05 Å². The smallest absolute Gasteiger partial charge is 0.144 e. The van der Waals surface area contributed by atoms with Gasteiger partial charge in [0.1, 0.15) is 23.7 Å². The van der Waals surface area contributed by atoms with E-state index in [-0.39, 0.29) is 0 Å². The lowest BCUT2D eigenvalue weighted by Gasteiger charge is -2.09. The van der Waals surface area contributed by atoms with Gasteiger partial charge in [0.25, 0.3) is 0 Å². The van der Waals surface area contributed by atoms with Crippen LogP contribution in [0.15, 0.2) is 73.3 Å². The molecule has 0 atom stereocenters. The normalized spacial score (nSPS) is 11.2. The van der Waals surface area contributed by atoms with Gasteiger partial charge in [-0.3, -0.25) is 9.67 Å². The van der Waals surface area contributed by atoms with E-state index in [1.807, 2.05) is 67.7 Å². The molecule has 0 aliphatic heterocycles. The van der Waals surface area contributed by atoms with Crippen LogP contribution < -0.4 is 4.74 Å². The third-order valence-electron chi connectivity index (χ3n) is 5.37. The molecule has 0 fully saturated rings. The number of benzene rings is 1. The summed E-state index contributed by atoms with van der Waals surface area (Å²) in [7, 11) is 1.92. The number of ether oxygens (including phenoxy) is 1. The van der Waals surface area contributed by atoms with Crippen LogP contribution in [0.3, 0.4) is 0 Å². The fourth-order valence-corrected chi connectivity index (χ4v) is 3.84. The Morgan fingerprint density at radius 3 is 2.58 bits per heavy atom. The first-order chi connectivity index (χ1) is 15.1. The fraction of sp³-hybridized carbons (Fsp3) is 0.160. The van der Waals surface area contributed by atoms with Crippen LogP contribution in [0.4, 0.5) is 0 Å². The highest BCUT2D eigenvalue weighted by Gasteiger charge is 2.12. The van der Waals surface area contributed by atoms with Crippen molar-refractivity contribution < 1.29 is 4.74 Å². The topological polar surface area (TPSA) is 57.2 Å². The highest BCUT2D eigenvalue weighted by atomic mass is 16.5. The van der Waals surface area contributed by atoms with Gasteiger partial charge < -0.3 is 9.14 Å². The molecule has 0 aliphatic rings. The molecule has 0 saturated carbocycles. The minimum atomic E-state index is 0.395. The van der Waals surface area contributed by atoms with Crippen LogP contribution in [0, 0.1) is 13.8 Å². The lowest BCUT2D eigenvalue weighted by Crippen LogP contribution is -1.99. The van der Waals surface area contributed by atoms with Gasteiger partial charge in [-0.1, -0.05) is 12.1 Å². The zero-order valence-corrected chi connectivity index (χ0v) is 17.8. The number of nitrogens with zero attached hydrogens (tertiary/aromatic N) is 5. The summed E-state index contributed by atoms with van der Waals surface area (Å²) in [5.74, 6) is 0.803. The van der Waals surface area contributed by atoms with E-state index in [4.69, 9.17) is 4.74 Å². The van der Waals surface area contributed by atoms with Crippen molar-refractivity contribution >= 4 is 5.65 Å². The Hall–Kier alpha value is -3.93. The molecule has 0 N–H and O–H groups in total. The zero-order chi connectivity index (χ0) is 21.4. The number of imidazole rings is 1. The summed E-state index contributed by atoms with van der Waals surface area (Å²) >= 11 is 0. The minimum absolute atomic E-state index is 0.395. The SMILES string of the molecule is Cc1cc(-c2cn(C)nc2COc2ccc(-c3cccn4c(C)cnc34)cc2)ccn1. The molecule has 6 nitrogen and oxygen atoms in total. The lowest BCUT2D eigenvalue weighted by atomic mass is 10.1. The maximum Gasteiger partial charge on any atom is 0.144 e. The van der Waals surface area contributed by atoms with Crippen molar-refractivity contribution in [3.05, 3.63) is 90.4 Å². The summed E-state index contributed by atoms with van der Waals surface area (Å²) in [6, 6.07) is 16.3. The van der Waals surface area contributed by atoms with E-state index < -0.39 is 0 Å². The molecule has 4 heterocycles. The van der Waals surface area contributed by atoms with E-state index >= 15 is 0 Å². The Morgan fingerprint density at radius 1 is 0.935 bits per heavy atom. The molecule has 0 radical (unpaired) electrons. The predicted molar refractivity (Wildman–Crippen MR) is 121 cm³/mol. The van der Waals surface area contributed by atoms with Crippen LogP contribution in [0.5, 0.6) is 5.75 Å². The van der Waals surface area contributed by atoms with Gasteiger partial charge in [0.15, 0.2) is 0 Å². The van der Waals surface area contributed by atoms with E-state index in [1.54, 1.807) is 0 Å². The number of fused-ring (bicyclic) bond motifs is 1. The number of rotatable bonds is 5. The van der Waals surface area contributed by atoms with Crippen molar-refractivity contribution in [3.8, 4) is 28.0 Å². The fourth-order valence-electron chi connectivity index (χ4n) is 3.84. The maximum absolute atomic E-state index is 6.07. The van der Waals surface area contributed by atoms with Gasteiger partial charge in [0.2, 0.25) is 0 Å². The third-order valence-corrected chi connectivity index (χ3v) is 5.37. The van der Waals surface area contributed by atoms with E-state index in [0.29, 0.717) is 6.61 Å². The first kappa shape index (κ1) is 19.1. The summed E-state index contributed by atoms with van der Waals surface area (Å²) < 4.78 is 9.99. The van der Waals surface area contributed by atoms with Crippen molar-refractivity contribution in [2.45, 2.75) is 20.5 Å². The van der Waals surface area contributed by atoms with Gasteiger partial charge in [-0.25, -0.2) is 4.98 Å². The second kappa shape index (κ2) is 7.72. The number of aryl methyl sites for hydroxylation is 3. The van der Waals surface area contributed by atoms with Crippen molar-refractivity contribution in [1.82, 2.24) is 24.1 Å². The van der Waals surface area contributed by atoms with Crippen LogP contribution in [0.25, 0.3) is 27.9 Å². The summed E-state index contributed by atoms with van der Waals surface area (Å²) in [6.45, 7) is 4.44. The number of hydrogen-bond acceptors (Lipinski definition) is 4. The molecule has 0 saturated heterocycles. The molecule has 0 unspecified atom stereocenters. The largest absolute Gasteiger partial charge is 0.487 e. The summed E-state index contributed by atoms with van der Waals surface area (Å²) in [4.78, 5) is 8.84. The quantitative estimate of drug-likeness (QED) is 0.410. The molecule has 6 heteroatoms. The second-order valence-electron chi connectivity index (χ2n) is 7.68. The molecule has 0 spiro atoms. The van der Waals surface area contributed by atoms with Crippen LogP contribution in [0.2, 0.25) is 0 Å². The lowest BCUT2D eigenvalue weighted by molar-refractivity contribution is 0.300. The average Bonchev–Trinajstić information content (AvgIpc) is 3.35. The first-order valence-electron chi connectivity index (χ1n) is 10.2. The molecule has 4 aromatic heterocycles. The molecular weight excluding hydrogens is 386 g/mol. The Kier molecular flexibility index (Phi) is 4.75. The highest BCUT2D eigenvalue weighted by molar-refractivity contribution is 5.78. The van der Waals surface area contributed by atoms with Crippen LogP contribution in [-0.2, 0) is 13.7 Å². The molecule has 1 aromatic carbocycles. The minimum Gasteiger partial charge on any atom is -0.487 e. The number of hydrogen-bond donors (Lipinski definition) is 0. The Bertz CT molecular complexity index is 1360. The van der Waals surface area contributed by atoms with E-state index in [2.05, 4.69) is 50.7 Å². The highest BCUT2D eigenvalue weighted by Crippen LogP contribution is 2.28. The van der Waals surface area contributed by atoms with Gasteiger partial charge in [0.05, 0.1) is 0 Å². The third kappa shape index (κ3) is 3.68. The Labute approximate surface area is 180 Å². The first-order valence-corrected chi connectivity index (χ1v) is 10.2. The molecule has 5 rings (SSSR count). The molecule has 0 aliphatic carbocycles. The maximum atomic E-state index is 6.07. The van der Waals surface area contributed by atoms with Crippen molar-refractivity contribution in [3.63, 3.8) is 0 Å². The number of pyridine rings is 2. The molecule has 0 amide bonds. The second-order valence-corrected chi connectivity index (χ2v) is 7.68. The van der Waals surface area contributed by atoms with Gasteiger partial charge in [-0.05, 0) is 61.4 Å². The van der Waals surface area contributed by atoms with Gasteiger partial charge in [-0.2, -0.15) is 5.10 Å². The van der Waals surface area contributed by atoms with Crippen LogP contribution in [-0.4, -0.2) is 24.1 Å². The Morgan fingerprint density at radius 2 is 1.77 bits per heavy atom. The standard InChI is InChI=1S/C25H23N5O/c1-17-13-20(10-11-26-17)23-15-29(3)28-24(23)16-31-21-8-6-19(7-9-21)22-5-4-12-30-18(2)14-27-25(22)30/h4-15H,16H2,1-3H3. The van der Waals surface area contributed by atoms with E-state index in [9.17, 15) is 0 Å². The monoisotopic (exact) mass is 409 g/mol. The van der Waals surface area contributed by atoms with E-state index in [0.717, 1.165) is 50.7 Å². The van der Waals surface area contributed by atoms with Gasteiger partial charge in [0, 0.05) is 54.3 Å². The predicted octanol–water partition coefficient (Wildman–Crippen LogP) is 4.99.